The maximum atomic E-state index is 12.7. The highest BCUT2D eigenvalue weighted by molar-refractivity contribution is 6.07. The molecule has 104 valence electrons. The second kappa shape index (κ2) is 5.00. The molecular formula is C15H16N2O3. The predicted molar refractivity (Wildman–Crippen MR) is 74.4 cm³/mol. The van der Waals surface area contributed by atoms with E-state index in [1.54, 1.807) is 11.0 Å². The van der Waals surface area contributed by atoms with E-state index in [0.717, 1.165) is 17.3 Å². The number of likely N-dealkylation sites (tertiary alicyclic amines) is 1. The Morgan fingerprint density at radius 1 is 1.35 bits per heavy atom. The van der Waals surface area contributed by atoms with Crippen LogP contribution in [-0.4, -0.2) is 41.5 Å². The molecule has 0 aliphatic carbocycles. The number of carbonyl (C=O) groups excluding carboxylic acids is 2. The van der Waals surface area contributed by atoms with Crippen LogP contribution in [0.5, 0.6) is 0 Å². The standard InChI is InChI=1S/C15H16N2O3/c1-20-15(19)13-6-3-9-17(13)14(18)11-4-2-5-12-10(11)7-8-16-12/h2,4-5,7-8,13,16H,3,6,9H2,1H3. The van der Waals surface area contributed by atoms with Crippen LogP contribution < -0.4 is 0 Å². The molecule has 0 saturated carbocycles. The van der Waals surface area contributed by atoms with Crippen molar-refractivity contribution < 1.29 is 14.3 Å². The zero-order chi connectivity index (χ0) is 14.1. The summed E-state index contributed by atoms with van der Waals surface area (Å²) < 4.78 is 4.78. The summed E-state index contributed by atoms with van der Waals surface area (Å²) >= 11 is 0. The summed E-state index contributed by atoms with van der Waals surface area (Å²) in [5.41, 5.74) is 1.55. The van der Waals surface area contributed by atoms with E-state index in [9.17, 15) is 9.59 Å². The number of hydrogen-bond acceptors (Lipinski definition) is 3. The SMILES string of the molecule is COC(=O)C1CCCN1C(=O)c1cccc2[nH]ccc12. The molecule has 1 aromatic carbocycles. The minimum atomic E-state index is -0.457. The van der Waals surface area contributed by atoms with Crippen molar-refractivity contribution in [1.82, 2.24) is 9.88 Å². The number of carbonyl (C=O) groups is 2. The average Bonchev–Trinajstić information content (AvgIpc) is 3.13. The summed E-state index contributed by atoms with van der Waals surface area (Å²) in [4.78, 5) is 29.2. The Hall–Kier alpha value is -2.30. The normalized spacial score (nSPS) is 18.4. The molecule has 1 aliphatic heterocycles. The van der Waals surface area contributed by atoms with Gasteiger partial charge in [-0.2, -0.15) is 0 Å². The summed E-state index contributed by atoms with van der Waals surface area (Å²) in [5.74, 6) is -0.444. The first-order valence-corrected chi connectivity index (χ1v) is 6.67. The summed E-state index contributed by atoms with van der Waals surface area (Å²) in [6.45, 7) is 0.597. The smallest absolute Gasteiger partial charge is 0.328 e. The van der Waals surface area contributed by atoms with Crippen LogP contribution in [0.1, 0.15) is 23.2 Å². The maximum absolute atomic E-state index is 12.7. The van der Waals surface area contributed by atoms with Crippen LogP contribution in [0.3, 0.4) is 0 Å². The number of rotatable bonds is 2. The lowest BCUT2D eigenvalue weighted by molar-refractivity contribution is -0.145. The number of benzene rings is 1. The Morgan fingerprint density at radius 2 is 2.20 bits per heavy atom. The Bertz CT molecular complexity index is 662. The van der Waals surface area contributed by atoms with Crippen molar-refractivity contribution in [3.05, 3.63) is 36.0 Å². The highest BCUT2D eigenvalue weighted by Crippen LogP contribution is 2.24. The van der Waals surface area contributed by atoms with E-state index in [4.69, 9.17) is 4.74 Å². The predicted octanol–water partition coefficient (Wildman–Crippen LogP) is 1.95. The van der Waals surface area contributed by atoms with Crippen molar-refractivity contribution in [1.29, 1.82) is 0 Å². The third-order valence-electron chi connectivity index (χ3n) is 3.81. The third kappa shape index (κ3) is 1.95. The van der Waals surface area contributed by atoms with Crippen LogP contribution in [0.25, 0.3) is 10.9 Å². The molecule has 20 heavy (non-hydrogen) atoms. The van der Waals surface area contributed by atoms with Crippen LogP contribution in [0, 0.1) is 0 Å². The Labute approximate surface area is 116 Å². The monoisotopic (exact) mass is 272 g/mol. The lowest BCUT2D eigenvalue weighted by Crippen LogP contribution is -2.41. The lowest BCUT2D eigenvalue weighted by Gasteiger charge is -2.23. The largest absolute Gasteiger partial charge is 0.467 e. The van der Waals surface area contributed by atoms with E-state index in [0.29, 0.717) is 18.5 Å². The topological polar surface area (TPSA) is 62.4 Å². The van der Waals surface area contributed by atoms with Gasteiger partial charge in [0.1, 0.15) is 6.04 Å². The fourth-order valence-corrected chi connectivity index (χ4v) is 2.82. The number of ether oxygens (including phenoxy) is 1. The average molecular weight is 272 g/mol. The molecule has 0 spiro atoms. The second-order valence-electron chi connectivity index (χ2n) is 4.92. The number of hydrogen-bond donors (Lipinski definition) is 1. The minimum absolute atomic E-state index is 0.108. The molecule has 1 aromatic heterocycles. The van der Waals surface area contributed by atoms with Gasteiger partial charge < -0.3 is 14.6 Å². The summed E-state index contributed by atoms with van der Waals surface area (Å²) in [7, 11) is 1.36. The van der Waals surface area contributed by atoms with E-state index < -0.39 is 6.04 Å². The van der Waals surface area contributed by atoms with Gasteiger partial charge in [0.2, 0.25) is 0 Å². The molecule has 2 aromatic rings. The number of fused-ring (bicyclic) bond motifs is 1. The van der Waals surface area contributed by atoms with Crippen LogP contribution in [-0.2, 0) is 9.53 Å². The highest BCUT2D eigenvalue weighted by atomic mass is 16.5. The molecule has 5 nitrogen and oxygen atoms in total. The molecule has 1 aliphatic rings. The molecule has 1 N–H and O–H groups in total. The highest BCUT2D eigenvalue weighted by Gasteiger charge is 2.35. The molecule has 1 atom stereocenters. The molecule has 0 bridgehead atoms. The number of H-pyrrole nitrogens is 1. The summed E-state index contributed by atoms with van der Waals surface area (Å²) in [5, 5.41) is 0.882. The molecule has 0 radical (unpaired) electrons. The van der Waals surface area contributed by atoms with Gasteiger partial charge in [0.05, 0.1) is 7.11 Å². The molecule has 3 rings (SSSR count). The van der Waals surface area contributed by atoms with Gasteiger partial charge in [-0.1, -0.05) is 6.07 Å². The molecule has 1 unspecified atom stereocenters. The van der Waals surface area contributed by atoms with Crippen LogP contribution in [0.4, 0.5) is 0 Å². The van der Waals surface area contributed by atoms with Crippen molar-refractivity contribution in [2.75, 3.05) is 13.7 Å². The summed E-state index contributed by atoms with van der Waals surface area (Å²) in [6, 6.07) is 6.99. The van der Waals surface area contributed by atoms with Crippen LogP contribution in [0.15, 0.2) is 30.5 Å². The van der Waals surface area contributed by atoms with E-state index in [-0.39, 0.29) is 11.9 Å². The fraction of sp³-hybridized carbons (Fsp3) is 0.333. The lowest BCUT2D eigenvalue weighted by atomic mass is 10.1. The van der Waals surface area contributed by atoms with Crippen LogP contribution in [0.2, 0.25) is 0 Å². The van der Waals surface area contributed by atoms with Crippen molar-refractivity contribution in [3.8, 4) is 0 Å². The number of amides is 1. The number of nitrogens with zero attached hydrogens (tertiary/aromatic N) is 1. The van der Waals surface area contributed by atoms with Gasteiger partial charge in [-0.15, -0.1) is 0 Å². The van der Waals surface area contributed by atoms with E-state index >= 15 is 0 Å². The van der Waals surface area contributed by atoms with E-state index in [1.165, 1.54) is 7.11 Å². The quantitative estimate of drug-likeness (QED) is 0.850. The van der Waals surface area contributed by atoms with Gasteiger partial charge in [-0.25, -0.2) is 4.79 Å². The molecule has 1 amide bonds. The number of nitrogens with one attached hydrogen (secondary N) is 1. The van der Waals surface area contributed by atoms with Gasteiger partial charge in [-0.05, 0) is 31.0 Å². The van der Waals surface area contributed by atoms with Crippen LogP contribution >= 0.6 is 0 Å². The maximum Gasteiger partial charge on any atom is 0.328 e. The van der Waals surface area contributed by atoms with Gasteiger partial charge >= 0.3 is 5.97 Å². The zero-order valence-electron chi connectivity index (χ0n) is 11.3. The zero-order valence-corrected chi connectivity index (χ0v) is 11.3. The third-order valence-corrected chi connectivity index (χ3v) is 3.81. The van der Waals surface area contributed by atoms with Gasteiger partial charge in [-0.3, -0.25) is 4.79 Å². The summed E-state index contributed by atoms with van der Waals surface area (Å²) in [6.07, 6.45) is 3.30. The number of aromatic amines is 1. The number of methoxy groups -OCH3 is 1. The number of aromatic nitrogens is 1. The van der Waals surface area contributed by atoms with Crippen molar-refractivity contribution in [2.24, 2.45) is 0 Å². The second-order valence-corrected chi connectivity index (χ2v) is 4.92. The first kappa shape index (κ1) is 12.7. The first-order valence-electron chi connectivity index (χ1n) is 6.67. The van der Waals surface area contributed by atoms with Crippen molar-refractivity contribution in [3.63, 3.8) is 0 Å². The molecule has 1 saturated heterocycles. The van der Waals surface area contributed by atoms with E-state index in [2.05, 4.69) is 4.98 Å². The van der Waals surface area contributed by atoms with Gasteiger partial charge in [0.25, 0.3) is 5.91 Å². The van der Waals surface area contributed by atoms with Gasteiger partial charge in [0, 0.05) is 29.2 Å². The Balaban J connectivity index is 1.96. The van der Waals surface area contributed by atoms with Crippen molar-refractivity contribution >= 4 is 22.8 Å². The van der Waals surface area contributed by atoms with E-state index in [1.807, 2.05) is 24.4 Å². The Kier molecular flexibility index (Phi) is 3.18. The fourth-order valence-electron chi connectivity index (χ4n) is 2.82. The molecule has 1 fully saturated rings. The molecule has 5 heteroatoms. The Morgan fingerprint density at radius 3 is 3.00 bits per heavy atom. The first-order chi connectivity index (χ1) is 9.72. The van der Waals surface area contributed by atoms with Crippen molar-refractivity contribution in [2.45, 2.75) is 18.9 Å². The van der Waals surface area contributed by atoms with Gasteiger partial charge in [0.15, 0.2) is 0 Å². The molecular weight excluding hydrogens is 256 g/mol. The molecule has 2 heterocycles. The minimum Gasteiger partial charge on any atom is -0.467 e. The number of esters is 1.